The average Bonchev–Trinajstić information content (AvgIpc) is 3.07. The Morgan fingerprint density at radius 2 is 1.96 bits per heavy atom. The predicted molar refractivity (Wildman–Crippen MR) is 106 cm³/mol. The Hall–Kier alpha value is -2.41. The number of nitrogens with zero attached hydrogens (tertiary/aromatic N) is 4. The molecule has 0 radical (unpaired) electrons. The van der Waals surface area contributed by atoms with Gasteiger partial charge in [-0.25, -0.2) is 4.68 Å². The zero-order chi connectivity index (χ0) is 19.0. The third kappa shape index (κ3) is 3.44. The van der Waals surface area contributed by atoms with Gasteiger partial charge in [0.25, 0.3) is 5.91 Å². The lowest BCUT2D eigenvalue weighted by Gasteiger charge is -2.10. The van der Waals surface area contributed by atoms with E-state index in [1.165, 1.54) is 0 Å². The van der Waals surface area contributed by atoms with Crippen molar-refractivity contribution in [3.05, 3.63) is 57.6 Å². The molecule has 0 unspecified atom stereocenters. The minimum absolute atomic E-state index is 0.190. The van der Waals surface area contributed by atoms with Crippen LogP contribution in [0.1, 0.15) is 47.3 Å². The third-order valence-electron chi connectivity index (χ3n) is 4.26. The third-order valence-corrected chi connectivity index (χ3v) is 4.76. The molecule has 0 fully saturated rings. The van der Waals surface area contributed by atoms with Crippen molar-refractivity contribution < 1.29 is 4.79 Å². The van der Waals surface area contributed by atoms with E-state index >= 15 is 0 Å². The Bertz CT molecular complexity index is 970. The second-order valence-electron chi connectivity index (χ2n) is 6.63. The summed E-state index contributed by atoms with van der Waals surface area (Å²) >= 11 is 3.50. The number of hydrogen-bond acceptors (Lipinski definition) is 3. The van der Waals surface area contributed by atoms with Crippen LogP contribution in [-0.2, 0) is 7.05 Å². The number of carbonyl (C=O) groups excluding carboxylic acids is 1. The van der Waals surface area contributed by atoms with E-state index in [9.17, 15) is 4.79 Å². The van der Waals surface area contributed by atoms with Crippen LogP contribution in [0, 0.1) is 13.8 Å². The van der Waals surface area contributed by atoms with Gasteiger partial charge in [0.2, 0.25) is 5.95 Å². The van der Waals surface area contributed by atoms with E-state index in [2.05, 4.69) is 35.9 Å². The number of nitrogens with one attached hydrogen (secondary N) is 1. The molecule has 0 spiro atoms. The Kier molecular flexibility index (Phi) is 5.00. The Labute approximate surface area is 161 Å². The Morgan fingerprint density at radius 1 is 1.23 bits per heavy atom. The van der Waals surface area contributed by atoms with Gasteiger partial charge in [0.1, 0.15) is 0 Å². The topological polar surface area (TPSA) is 64.7 Å². The highest BCUT2D eigenvalue weighted by Gasteiger charge is 2.19. The van der Waals surface area contributed by atoms with Crippen molar-refractivity contribution >= 4 is 27.8 Å². The number of amides is 1. The van der Waals surface area contributed by atoms with Crippen LogP contribution < -0.4 is 5.32 Å². The molecule has 0 aliphatic rings. The summed E-state index contributed by atoms with van der Waals surface area (Å²) in [5.74, 6) is 1.17. The molecular weight excluding hydrogens is 394 g/mol. The maximum atomic E-state index is 12.8. The zero-order valence-corrected chi connectivity index (χ0v) is 17.1. The highest BCUT2D eigenvalue weighted by Crippen LogP contribution is 2.24. The van der Waals surface area contributed by atoms with Gasteiger partial charge < -0.3 is 4.57 Å². The van der Waals surface area contributed by atoms with Crippen molar-refractivity contribution in [2.75, 3.05) is 5.32 Å². The fraction of sp³-hybridized carbons (Fsp3) is 0.316. The molecule has 0 aliphatic heterocycles. The number of hydrogen-bond donors (Lipinski definition) is 1. The summed E-state index contributed by atoms with van der Waals surface area (Å²) in [6.45, 7) is 7.97. The second kappa shape index (κ2) is 7.07. The van der Waals surface area contributed by atoms with Gasteiger partial charge in [0.15, 0.2) is 5.82 Å². The number of aryl methyl sites for hydroxylation is 2. The van der Waals surface area contributed by atoms with Gasteiger partial charge >= 0.3 is 0 Å². The molecule has 7 heteroatoms. The van der Waals surface area contributed by atoms with Gasteiger partial charge in [-0.2, -0.15) is 10.1 Å². The smallest absolute Gasteiger partial charge is 0.259 e. The van der Waals surface area contributed by atoms with Gasteiger partial charge in [0.05, 0.1) is 5.56 Å². The van der Waals surface area contributed by atoms with Crippen LogP contribution in [0.2, 0.25) is 0 Å². The van der Waals surface area contributed by atoms with Crippen LogP contribution >= 0.6 is 15.9 Å². The number of carbonyl (C=O) groups is 1. The fourth-order valence-corrected chi connectivity index (χ4v) is 3.32. The standard InChI is InChI=1S/C19H22BrN5O/c1-11(2)17-21-19(24(5)23-17)22-18(26)16-9-12(3)25(13(16)4)15-8-6-7-14(20)10-15/h6-11H,1-5H3,(H,21,22,23,26). The summed E-state index contributed by atoms with van der Waals surface area (Å²) in [5.41, 5.74) is 3.50. The summed E-state index contributed by atoms with van der Waals surface area (Å²) in [6, 6.07) is 9.89. The lowest BCUT2D eigenvalue weighted by Crippen LogP contribution is -2.16. The first-order valence-corrected chi connectivity index (χ1v) is 9.24. The van der Waals surface area contributed by atoms with E-state index in [1.807, 2.05) is 58.0 Å². The van der Waals surface area contributed by atoms with E-state index in [1.54, 1.807) is 11.7 Å². The number of benzene rings is 1. The molecule has 2 aromatic heterocycles. The van der Waals surface area contributed by atoms with Gasteiger partial charge in [-0.1, -0.05) is 35.8 Å². The second-order valence-corrected chi connectivity index (χ2v) is 7.54. The Morgan fingerprint density at radius 3 is 2.58 bits per heavy atom. The van der Waals surface area contributed by atoms with Crippen LogP contribution in [0.5, 0.6) is 0 Å². The quantitative estimate of drug-likeness (QED) is 0.688. The van der Waals surface area contributed by atoms with Crippen LogP contribution in [0.15, 0.2) is 34.8 Å². The van der Waals surface area contributed by atoms with Crippen molar-refractivity contribution in [2.24, 2.45) is 7.05 Å². The fourth-order valence-electron chi connectivity index (χ4n) is 2.93. The minimum Gasteiger partial charge on any atom is -0.318 e. The van der Waals surface area contributed by atoms with E-state index in [0.29, 0.717) is 17.3 Å². The van der Waals surface area contributed by atoms with Gasteiger partial charge in [-0.3, -0.25) is 10.1 Å². The number of halogens is 1. The van der Waals surface area contributed by atoms with Gasteiger partial charge in [-0.05, 0) is 38.1 Å². The molecule has 0 aliphatic carbocycles. The van der Waals surface area contributed by atoms with Gasteiger partial charge in [0, 0.05) is 34.5 Å². The predicted octanol–water partition coefficient (Wildman–Crippen LogP) is 4.36. The van der Waals surface area contributed by atoms with Crippen molar-refractivity contribution in [1.29, 1.82) is 0 Å². The summed E-state index contributed by atoms with van der Waals surface area (Å²) in [6.07, 6.45) is 0. The van der Waals surface area contributed by atoms with Gasteiger partial charge in [-0.15, -0.1) is 0 Å². The molecule has 0 saturated heterocycles. The van der Waals surface area contributed by atoms with Crippen LogP contribution in [0.4, 0.5) is 5.95 Å². The molecule has 1 N–H and O–H groups in total. The largest absolute Gasteiger partial charge is 0.318 e. The number of anilines is 1. The van der Waals surface area contributed by atoms with E-state index < -0.39 is 0 Å². The van der Waals surface area contributed by atoms with Crippen LogP contribution in [-0.4, -0.2) is 25.2 Å². The minimum atomic E-state index is -0.190. The molecule has 2 heterocycles. The van der Waals surface area contributed by atoms with Crippen LogP contribution in [0.3, 0.4) is 0 Å². The number of aromatic nitrogens is 4. The van der Waals surface area contributed by atoms with Crippen molar-refractivity contribution in [3.8, 4) is 5.69 Å². The van der Waals surface area contributed by atoms with Crippen molar-refractivity contribution in [1.82, 2.24) is 19.3 Å². The molecular formula is C19H22BrN5O. The molecule has 26 heavy (non-hydrogen) atoms. The summed E-state index contributed by atoms with van der Waals surface area (Å²) in [5, 5.41) is 7.21. The Balaban J connectivity index is 1.93. The molecule has 3 aromatic rings. The molecule has 0 atom stereocenters. The maximum absolute atomic E-state index is 12.8. The first-order valence-electron chi connectivity index (χ1n) is 8.45. The highest BCUT2D eigenvalue weighted by molar-refractivity contribution is 9.10. The summed E-state index contributed by atoms with van der Waals surface area (Å²) < 4.78 is 4.66. The molecule has 3 rings (SSSR count). The zero-order valence-electron chi connectivity index (χ0n) is 15.5. The molecule has 0 bridgehead atoms. The monoisotopic (exact) mass is 415 g/mol. The maximum Gasteiger partial charge on any atom is 0.259 e. The molecule has 1 aromatic carbocycles. The number of rotatable bonds is 4. The summed E-state index contributed by atoms with van der Waals surface area (Å²) in [4.78, 5) is 17.2. The SMILES string of the molecule is Cc1cc(C(=O)Nc2nc(C(C)C)nn2C)c(C)n1-c1cccc(Br)c1. The van der Waals surface area contributed by atoms with Crippen molar-refractivity contribution in [2.45, 2.75) is 33.6 Å². The van der Waals surface area contributed by atoms with E-state index in [-0.39, 0.29) is 11.8 Å². The highest BCUT2D eigenvalue weighted by atomic mass is 79.9. The lowest BCUT2D eigenvalue weighted by molar-refractivity contribution is 0.102. The molecule has 1 amide bonds. The molecule has 136 valence electrons. The van der Waals surface area contributed by atoms with Crippen LogP contribution in [0.25, 0.3) is 5.69 Å². The molecule has 0 saturated carbocycles. The van der Waals surface area contributed by atoms with Crippen molar-refractivity contribution in [3.63, 3.8) is 0 Å². The van der Waals surface area contributed by atoms with E-state index in [0.717, 1.165) is 21.5 Å². The molecule has 6 nitrogen and oxygen atoms in total. The summed E-state index contributed by atoms with van der Waals surface area (Å²) in [7, 11) is 1.78. The lowest BCUT2D eigenvalue weighted by atomic mass is 10.2. The first kappa shape index (κ1) is 18.4. The van der Waals surface area contributed by atoms with E-state index in [4.69, 9.17) is 0 Å². The average molecular weight is 416 g/mol. The normalized spacial score (nSPS) is 11.2. The first-order chi connectivity index (χ1) is 12.3.